The van der Waals surface area contributed by atoms with Gasteiger partial charge in [0.1, 0.15) is 11.6 Å². The molecule has 616 valence electrons. The van der Waals surface area contributed by atoms with Crippen molar-refractivity contribution in [3.63, 3.8) is 0 Å². The van der Waals surface area contributed by atoms with E-state index in [4.69, 9.17) is 4.98 Å². The fourth-order valence-electron chi connectivity index (χ4n) is 21.1. The van der Waals surface area contributed by atoms with Crippen LogP contribution >= 0.6 is 0 Å². The molecule has 0 atom stereocenters. The molecule has 122 heavy (non-hydrogen) atoms. The highest BCUT2D eigenvalue weighted by molar-refractivity contribution is 6.49. The van der Waals surface area contributed by atoms with Crippen molar-refractivity contribution >= 4 is 159 Å². The van der Waals surface area contributed by atoms with Crippen molar-refractivity contribution < 1.29 is 19.2 Å². The van der Waals surface area contributed by atoms with E-state index in [2.05, 4.69) is 70.2 Å². The van der Waals surface area contributed by atoms with Gasteiger partial charge < -0.3 is 0 Å². The summed E-state index contributed by atoms with van der Waals surface area (Å²) in [5.41, 5.74) is -0.475. The Bertz CT molecular complexity index is 7020. The number of carbonyl (C=O) groups excluding carboxylic acids is 4. The Hall–Kier alpha value is -12.3. The van der Waals surface area contributed by atoms with Gasteiger partial charge >= 0.3 is 0 Å². The van der Waals surface area contributed by atoms with Gasteiger partial charge in [-0.2, -0.15) is 0 Å². The first-order valence-electron chi connectivity index (χ1n) is 45.2. The van der Waals surface area contributed by atoms with Crippen LogP contribution in [0.1, 0.15) is 299 Å². The van der Waals surface area contributed by atoms with Crippen LogP contribution < -0.4 is 38.3 Å². The van der Waals surface area contributed by atoms with Crippen LogP contribution in [0.25, 0.3) is 135 Å². The zero-order chi connectivity index (χ0) is 84.5. The fourth-order valence-corrected chi connectivity index (χ4v) is 21.1. The molecule has 0 saturated carbocycles. The van der Waals surface area contributed by atoms with E-state index in [1.165, 1.54) is 21.5 Å². The van der Waals surface area contributed by atoms with Gasteiger partial charge in [-0.15, -0.1) is 0 Å². The Morgan fingerprint density at radius 2 is 0.557 bits per heavy atom. The summed E-state index contributed by atoms with van der Waals surface area (Å²) in [5.74, 6) is 10.3. The van der Waals surface area contributed by atoms with Gasteiger partial charge in [0, 0.05) is 107 Å². The average Bonchev–Trinajstić information content (AvgIpc) is 1.15. The van der Waals surface area contributed by atoms with Gasteiger partial charge in [-0.3, -0.25) is 62.0 Å². The normalized spacial score (nSPS) is 13.3. The smallest absolute Gasteiger partial charge is 0.268 e. The molecule has 16 aromatic rings. The third-order valence-electron chi connectivity index (χ3n) is 27.1. The number of hydrogen-bond donors (Lipinski definition) is 0. The van der Waals surface area contributed by atoms with Gasteiger partial charge in [0.05, 0.1) is 10.8 Å². The zero-order valence-corrected chi connectivity index (χ0v) is 70.7. The molecular formula is C105H101N7O10. The third-order valence-corrected chi connectivity index (χ3v) is 27.1. The lowest BCUT2D eigenvalue weighted by Crippen LogP contribution is -2.47. The molecular weight excluding hydrogens is 1520 g/mol. The van der Waals surface area contributed by atoms with Crippen LogP contribution in [0.2, 0.25) is 0 Å². The molecule has 18 rings (SSSR count). The summed E-state index contributed by atoms with van der Waals surface area (Å²) in [6, 6.07) is 31.2. The van der Waals surface area contributed by atoms with Crippen LogP contribution in [0.3, 0.4) is 0 Å². The maximum absolute atomic E-state index is 15.9. The Morgan fingerprint density at radius 1 is 0.262 bits per heavy atom. The molecule has 0 spiro atoms. The van der Waals surface area contributed by atoms with Crippen molar-refractivity contribution in [3.05, 3.63) is 217 Å². The summed E-state index contributed by atoms with van der Waals surface area (Å²) in [7, 11) is 0. The van der Waals surface area contributed by atoms with Crippen LogP contribution in [-0.2, 0) is 0 Å². The number of imide groups is 2. The molecule has 0 bridgehead atoms. The van der Waals surface area contributed by atoms with Crippen molar-refractivity contribution in [2.45, 2.75) is 252 Å². The molecule has 17 heteroatoms. The largest absolute Gasteiger partial charge is 0.271 e. The number of nitrogens with zero attached hydrogens (tertiary/aromatic N) is 7. The van der Waals surface area contributed by atoms with E-state index in [9.17, 15) is 19.2 Å². The Balaban J connectivity index is 0.680. The number of pyridine rings is 4. The summed E-state index contributed by atoms with van der Waals surface area (Å²) >= 11 is 0. The first-order valence-corrected chi connectivity index (χ1v) is 45.2. The summed E-state index contributed by atoms with van der Waals surface area (Å²) in [5, 5.41) is 12.6. The molecule has 5 aromatic heterocycles. The van der Waals surface area contributed by atoms with E-state index in [0.29, 0.717) is 134 Å². The minimum Gasteiger partial charge on any atom is -0.271 e. The van der Waals surface area contributed by atoms with Crippen molar-refractivity contribution in [1.82, 2.24) is 28.6 Å². The van der Waals surface area contributed by atoms with Gasteiger partial charge in [-0.1, -0.05) is 244 Å². The third kappa shape index (κ3) is 13.2. The molecule has 17 nitrogen and oxygen atoms in total. The number of carbonyl (C=O) groups is 4. The lowest BCUT2D eigenvalue weighted by molar-refractivity contribution is 0.0516. The Labute approximate surface area is 706 Å². The van der Waals surface area contributed by atoms with Gasteiger partial charge in [-0.05, 0) is 199 Å². The van der Waals surface area contributed by atoms with Crippen LogP contribution in [0.5, 0.6) is 0 Å². The van der Waals surface area contributed by atoms with E-state index in [1.807, 2.05) is 60.7 Å². The first kappa shape index (κ1) is 80.7. The van der Waals surface area contributed by atoms with Crippen LogP contribution in [0, 0.1) is 23.7 Å². The number of aromatic nitrogens is 5. The minimum atomic E-state index is -0.686. The van der Waals surface area contributed by atoms with Crippen molar-refractivity contribution in [2.24, 2.45) is 0 Å². The monoisotopic (exact) mass is 1620 g/mol. The summed E-state index contributed by atoms with van der Waals surface area (Å²) in [6.07, 6.45) is 31.0. The highest BCUT2D eigenvalue weighted by atomic mass is 16.2. The fraction of sp³-hybridized carbons (Fsp3) is 0.371. The van der Waals surface area contributed by atoms with Gasteiger partial charge in [0.25, 0.3) is 57.0 Å². The van der Waals surface area contributed by atoms with Crippen LogP contribution in [0.4, 0.5) is 5.82 Å². The molecule has 4 amide bonds. The lowest BCUT2D eigenvalue weighted by Gasteiger charge is -2.35. The number of amides is 4. The number of hydrogen-bond acceptors (Lipinski definition) is 12. The molecule has 0 N–H and O–H groups in total. The van der Waals surface area contributed by atoms with Gasteiger partial charge in [0.2, 0.25) is 0 Å². The SMILES string of the molecule is CCCCCCC(CCCCCC)N1C(=O)c2ccc3c4ccc5c6c(ccc(c7ccc(c2c37)C1=O)c64)C(=O)N(c1ccc(C#CC#Cc2ccc(-n3c(=O)c4c6cc7c(=O)n(C(CCCCCC)CCCCCC)c(=O)c8ccc9c%10ccc%11c(=O)n(C(CCCCCC)CCCCCC)c(=O)c%12cc(c4c3=O)c(c%10c%11%12)c6c9c87)nc2)cn1)C5=O. The Kier molecular flexibility index (Phi) is 22.2. The maximum Gasteiger partial charge on any atom is 0.268 e. The molecule has 7 heterocycles. The molecule has 11 aromatic carbocycles. The lowest BCUT2D eigenvalue weighted by atomic mass is 9.81. The van der Waals surface area contributed by atoms with Crippen molar-refractivity contribution in [2.75, 3.05) is 4.90 Å². The van der Waals surface area contributed by atoms with Crippen LogP contribution in [-0.4, -0.2) is 58.2 Å². The molecule has 0 saturated heterocycles. The Morgan fingerprint density at radius 3 is 0.902 bits per heavy atom. The van der Waals surface area contributed by atoms with E-state index in [-0.39, 0.29) is 74.2 Å². The van der Waals surface area contributed by atoms with Gasteiger partial charge in [0.15, 0.2) is 0 Å². The summed E-state index contributed by atoms with van der Waals surface area (Å²) in [4.78, 5) is 165. The quantitative estimate of drug-likeness (QED) is 0.0119. The molecule has 2 aliphatic rings. The number of anilines is 1. The second-order valence-corrected chi connectivity index (χ2v) is 34.6. The molecule has 0 fully saturated rings. The van der Waals surface area contributed by atoms with E-state index in [1.54, 1.807) is 53.4 Å². The number of rotatable bonds is 35. The highest BCUT2D eigenvalue weighted by Crippen LogP contribution is 2.52. The first-order chi connectivity index (χ1) is 59.6. The number of unbranched alkanes of at least 4 members (excludes halogenated alkanes) is 18. The predicted octanol–water partition coefficient (Wildman–Crippen LogP) is 22.6. The maximum atomic E-state index is 15.9. The van der Waals surface area contributed by atoms with E-state index < -0.39 is 34.1 Å². The predicted molar refractivity (Wildman–Crippen MR) is 495 cm³/mol. The standard InChI is InChI=1S/C105H101N7O10/c1-7-13-19-25-35-63(36-26-20-14-8-2)108-96(113)72-49-43-66-68-45-51-74-87-75(52-46-69(85(68)87)67-44-50-73(97(108)114)86(72)84(66)67)101(118)111(100(74)117)82-55-41-61(59-106-82)33-31-32-34-62-42-56-83(107-60-62)112-104(121)94-78-57-80-88-76(98(115)109(102(80)119)64(37-27-21-15-9-3)38-28-22-16-10-4)53-47-70-71-48-54-77-89-81(58-79(95(94)105(112)122)93(91(71)89)92(78)90(70)88)103(120)110(99(77)116)65(39-29-23-17-11-5)40-30-24-18-12-6/h41-60,63-65H,7-30,35-40H2,1-6H3. The summed E-state index contributed by atoms with van der Waals surface area (Å²) in [6.45, 7) is 13.0. The van der Waals surface area contributed by atoms with Crippen LogP contribution in [0.15, 0.2) is 150 Å². The van der Waals surface area contributed by atoms with E-state index >= 15 is 28.8 Å². The van der Waals surface area contributed by atoms with Crippen molar-refractivity contribution in [1.29, 1.82) is 0 Å². The number of benzene rings is 11. The molecule has 0 unspecified atom stereocenters. The molecule has 2 aliphatic heterocycles. The number of fused-ring (bicyclic) bond motifs is 6. The summed E-state index contributed by atoms with van der Waals surface area (Å²) < 4.78 is 3.99. The minimum absolute atomic E-state index is 0.00481. The zero-order valence-electron chi connectivity index (χ0n) is 70.7. The second-order valence-electron chi connectivity index (χ2n) is 34.6. The van der Waals surface area contributed by atoms with E-state index in [0.717, 1.165) is 209 Å². The molecule has 0 aliphatic carbocycles. The second kappa shape index (κ2) is 33.6. The van der Waals surface area contributed by atoms with Gasteiger partial charge in [-0.25, -0.2) is 19.4 Å². The average molecular weight is 1620 g/mol. The molecule has 0 radical (unpaired) electrons. The van der Waals surface area contributed by atoms with Crippen molar-refractivity contribution in [3.8, 4) is 29.5 Å². The topological polar surface area (TPSA) is 218 Å². The highest BCUT2D eigenvalue weighted by Gasteiger charge is 2.41.